The maximum atomic E-state index is 11.4. The van der Waals surface area contributed by atoms with Crippen LogP contribution in [0, 0.1) is 5.41 Å². The van der Waals surface area contributed by atoms with E-state index in [2.05, 4.69) is 0 Å². The summed E-state index contributed by atoms with van der Waals surface area (Å²) < 4.78 is 4.74. The quantitative estimate of drug-likeness (QED) is 0.640. The van der Waals surface area contributed by atoms with E-state index >= 15 is 0 Å². The molecule has 0 amide bonds. The minimum Gasteiger partial charge on any atom is -0.469 e. The Balaban J connectivity index is 1.96. The molecular formula is C15H19ClO3S. The van der Waals surface area contributed by atoms with Crippen LogP contribution in [0.5, 0.6) is 0 Å². The van der Waals surface area contributed by atoms with Crippen LogP contribution in [0.15, 0.2) is 23.1 Å². The van der Waals surface area contributed by atoms with Crippen LogP contribution in [0.1, 0.15) is 37.9 Å². The molecule has 0 bridgehead atoms. The van der Waals surface area contributed by atoms with Crippen molar-refractivity contribution in [2.24, 2.45) is 5.41 Å². The maximum Gasteiger partial charge on any atom is 0.306 e. The molecule has 1 saturated carbocycles. The number of benzene rings is 1. The Morgan fingerprint density at radius 3 is 2.75 bits per heavy atom. The van der Waals surface area contributed by atoms with Gasteiger partial charge in [0.15, 0.2) is 0 Å². The summed E-state index contributed by atoms with van der Waals surface area (Å²) in [7, 11) is 1.43. The number of methoxy groups -OCH3 is 1. The largest absolute Gasteiger partial charge is 0.469 e. The van der Waals surface area contributed by atoms with Gasteiger partial charge in [-0.25, -0.2) is 0 Å². The highest BCUT2D eigenvalue weighted by atomic mass is 35.5. The molecule has 0 aliphatic heterocycles. The van der Waals surface area contributed by atoms with Gasteiger partial charge in [-0.1, -0.05) is 17.7 Å². The van der Waals surface area contributed by atoms with Crippen molar-refractivity contribution in [3.63, 3.8) is 0 Å². The zero-order chi connectivity index (χ0) is 14.8. The molecular weight excluding hydrogens is 296 g/mol. The van der Waals surface area contributed by atoms with Gasteiger partial charge in [0.25, 0.3) is 0 Å². The Hall–Kier alpha value is -0.710. The summed E-state index contributed by atoms with van der Waals surface area (Å²) in [5.41, 5.74) is 0.902. The normalized spacial score (nSPS) is 17.6. The SMILES string of the molecule is COC(=O)CC1(CSc2ccc(C(C)O)cc2Cl)CC1. The first kappa shape index (κ1) is 15.7. The number of hydrogen-bond acceptors (Lipinski definition) is 4. The van der Waals surface area contributed by atoms with Crippen LogP contribution in [0.4, 0.5) is 0 Å². The predicted octanol–water partition coefficient (Wildman–Crippen LogP) is 3.83. The highest BCUT2D eigenvalue weighted by Crippen LogP contribution is 2.52. The van der Waals surface area contributed by atoms with Crippen LogP contribution >= 0.6 is 23.4 Å². The highest BCUT2D eigenvalue weighted by Gasteiger charge is 2.44. The molecule has 110 valence electrons. The van der Waals surface area contributed by atoms with Crippen LogP contribution in [0.3, 0.4) is 0 Å². The van der Waals surface area contributed by atoms with E-state index in [1.54, 1.807) is 24.8 Å². The van der Waals surface area contributed by atoms with Gasteiger partial charge in [-0.3, -0.25) is 4.79 Å². The van der Waals surface area contributed by atoms with E-state index in [4.69, 9.17) is 16.3 Å². The summed E-state index contributed by atoms with van der Waals surface area (Å²) >= 11 is 7.90. The number of aliphatic hydroxyl groups is 1. The first-order valence-electron chi connectivity index (χ1n) is 6.63. The van der Waals surface area contributed by atoms with Crippen LogP contribution in [-0.4, -0.2) is 23.9 Å². The van der Waals surface area contributed by atoms with Gasteiger partial charge in [0.2, 0.25) is 0 Å². The molecule has 1 aliphatic carbocycles. The van der Waals surface area contributed by atoms with Crippen molar-refractivity contribution in [1.82, 2.24) is 0 Å². The summed E-state index contributed by atoms with van der Waals surface area (Å²) in [5, 5.41) is 10.2. The number of esters is 1. The minimum absolute atomic E-state index is 0.0873. The number of aliphatic hydroxyl groups excluding tert-OH is 1. The predicted molar refractivity (Wildman–Crippen MR) is 81.1 cm³/mol. The van der Waals surface area contributed by atoms with E-state index in [1.807, 2.05) is 12.1 Å². The van der Waals surface area contributed by atoms with Crippen molar-refractivity contribution in [3.8, 4) is 0 Å². The van der Waals surface area contributed by atoms with Gasteiger partial charge in [0, 0.05) is 10.6 Å². The van der Waals surface area contributed by atoms with Gasteiger partial charge in [-0.15, -0.1) is 11.8 Å². The molecule has 0 radical (unpaired) electrons. The van der Waals surface area contributed by atoms with Gasteiger partial charge >= 0.3 is 5.97 Å². The topological polar surface area (TPSA) is 46.5 Å². The number of rotatable bonds is 6. The van der Waals surface area contributed by atoms with Crippen molar-refractivity contribution < 1.29 is 14.6 Å². The van der Waals surface area contributed by atoms with Gasteiger partial charge in [-0.05, 0) is 42.9 Å². The minimum atomic E-state index is -0.513. The molecule has 1 N–H and O–H groups in total. The Labute approximate surface area is 128 Å². The fraction of sp³-hybridized carbons (Fsp3) is 0.533. The Morgan fingerprint density at radius 1 is 1.55 bits per heavy atom. The smallest absolute Gasteiger partial charge is 0.306 e. The van der Waals surface area contributed by atoms with Crippen LogP contribution in [0.2, 0.25) is 5.02 Å². The average Bonchev–Trinajstić information content (AvgIpc) is 3.17. The highest BCUT2D eigenvalue weighted by molar-refractivity contribution is 7.99. The van der Waals surface area contributed by atoms with Gasteiger partial charge in [0.05, 0.1) is 24.7 Å². The molecule has 5 heteroatoms. The van der Waals surface area contributed by atoms with Crippen molar-refractivity contribution in [2.75, 3.05) is 12.9 Å². The molecule has 0 heterocycles. The lowest BCUT2D eigenvalue weighted by Gasteiger charge is -2.14. The third kappa shape index (κ3) is 3.90. The number of halogens is 1. The van der Waals surface area contributed by atoms with E-state index in [-0.39, 0.29) is 11.4 Å². The third-order valence-electron chi connectivity index (χ3n) is 3.68. The molecule has 1 atom stereocenters. The first-order chi connectivity index (χ1) is 9.46. The Morgan fingerprint density at radius 2 is 2.25 bits per heavy atom. The van der Waals surface area contributed by atoms with Crippen LogP contribution < -0.4 is 0 Å². The maximum absolute atomic E-state index is 11.4. The number of hydrogen-bond donors (Lipinski definition) is 1. The molecule has 1 aromatic rings. The van der Waals surface area contributed by atoms with E-state index < -0.39 is 6.10 Å². The number of carbonyl (C=O) groups is 1. The number of thioether (sulfide) groups is 1. The van der Waals surface area contributed by atoms with Gasteiger partial charge < -0.3 is 9.84 Å². The van der Waals surface area contributed by atoms with E-state index in [9.17, 15) is 9.90 Å². The second-order valence-electron chi connectivity index (χ2n) is 5.41. The molecule has 2 rings (SSSR count). The van der Waals surface area contributed by atoms with Crippen molar-refractivity contribution in [3.05, 3.63) is 28.8 Å². The number of ether oxygens (including phenoxy) is 1. The van der Waals surface area contributed by atoms with Crippen LogP contribution in [0.25, 0.3) is 0 Å². The average molecular weight is 315 g/mol. The molecule has 0 spiro atoms. The molecule has 3 nitrogen and oxygen atoms in total. The monoisotopic (exact) mass is 314 g/mol. The molecule has 0 saturated heterocycles. The first-order valence-corrected chi connectivity index (χ1v) is 7.99. The molecule has 1 fully saturated rings. The molecule has 0 aromatic heterocycles. The molecule has 1 aliphatic rings. The standard InChI is InChI=1S/C15H19ClO3S/c1-10(17)11-3-4-13(12(16)7-11)20-9-15(5-6-15)8-14(18)19-2/h3-4,7,10,17H,5-6,8-9H2,1-2H3. The summed E-state index contributed by atoms with van der Waals surface area (Å²) in [4.78, 5) is 12.4. The lowest BCUT2D eigenvalue weighted by atomic mass is 10.1. The van der Waals surface area contributed by atoms with Gasteiger partial charge in [0.1, 0.15) is 0 Å². The van der Waals surface area contributed by atoms with Crippen molar-refractivity contribution >= 4 is 29.3 Å². The lowest BCUT2D eigenvalue weighted by molar-refractivity contribution is -0.141. The zero-order valence-electron chi connectivity index (χ0n) is 11.7. The summed E-state index contributed by atoms with van der Waals surface area (Å²) in [6.45, 7) is 1.72. The second-order valence-corrected chi connectivity index (χ2v) is 6.83. The van der Waals surface area contributed by atoms with Crippen molar-refractivity contribution in [1.29, 1.82) is 0 Å². The van der Waals surface area contributed by atoms with E-state index in [0.717, 1.165) is 29.1 Å². The molecule has 20 heavy (non-hydrogen) atoms. The summed E-state index contributed by atoms with van der Waals surface area (Å²) in [5.74, 6) is 0.731. The fourth-order valence-corrected chi connectivity index (χ4v) is 3.62. The van der Waals surface area contributed by atoms with Crippen molar-refractivity contribution in [2.45, 2.75) is 37.2 Å². The summed E-state index contributed by atoms with van der Waals surface area (Å²) in [6.07, 6.45) is 2.11. The second kappa shape index (κ2) is 6.37. The summed E-state index contributed by atoms with van der Waals surface area (Å²) in [6, 6.07) is 5.62. The Bertz CT molecular complexity index is 498. The van der Waals surface area contributed by atoms with E-state index in [0.29, 0.717) is 11.4 Å². The van der Waals surface area contributed by atoms with Gasteiger partial charge in [-0.2, -0.15) is 0 Å². The van der Waals surface area contributed by atoms with Crippen LogP contribution in [-0.2, 0) is 9.53 Å². The third-order valence-corrected chi connectivity index (χ3v) is 5.52. The molecule has 1 unspecified atom stereocenters. The molecule has 1 aromatic carbocycles. The lowest BCUT2D eigenvalue weighted by Crippen LogP contribution is -2.13. The van der Waals surface area contributed by atoms with E-state index in [1.165, 1.54) is 7.11 Å². The fourth-order valence-electron chi connectivity index (χ4n) is 2.05. The zero-order valence-corrected chi connectivity index (χ0v) is 13.3. The Kier molecular flexibility index (Phi) is 4.99. The number of carbonyl (C=O) groups excluding carboxylic acids is 1.